The number of hydrogen-bond acceptors (Lipinski definition) is 3. The summed E-state index contributed by atoms with van der Waals surface area (Å²) in [7, 11) is 0. The normalized spacial score (nSPS) is 12.4. The average Bonchev–Trinajstić information content (AvgIpc) is 2.40. The number of hydrazine groups is 1. The third-order valence-electron chi connectivity index (χ3n) is 2.79. The Bertz CT molecular complexity index is 578. The summed E-state index contributed by atoms with van der Waals surface area (Å²) in [5.74, 6) is 5.62. The van der Waals surface area contributed by atoms with Crippen molar-refractivity contribution in [1.29, 1.82) is 0 Å². The maximum atomic E-state index is 6.19. The average molecular weight is 361 g/mol. The van der Waals surface area contributed by atoms with Crippen molar-refractivity contribution in [1.82, 2.24) is 10.4 Å². The first-order valence-corrected chi connectivity index (χ1v) is 7.16. The van der Waals surface area contributed by atoms with Crippen LogP contribution in [0.3, 0.4) is 0 Å². The zero-order valence-corrected chi connectivity index (χ0v) is 13.0. The van der Waals surface area contributed by atoms with E-state index >= 15 is 0 Å². The van der Waals surface area contributed by atoms with Gasteiger partial charge in [0.15, 0.2) is 0 Å². The highest BCUT2D eigenvalue weighted by Gasteiger charge is 2.14. The molecular weight excluding hydrogens is 349 g/mol. The first kappa shape index (κ1) is 14.8. The van der Waals surface area contributed by atoms with Crippen molar-refractivity contribution >= 4 is 39.1 Å². The van der Waals surface area contributed by atoms with E-state index in [2.05, 4.69) is 26.3 Å². The number of hydrogen-bond donors (Lipinski definition) is 2. The molecule has 1 aromatic heterocycles. The topological polar surface area (TPSA) is 50.9 Å². The Hall–Kier alpha value is -0.650. The van der Waals surface area contributed by atoms with Gasteiger partial charge in [0.25, 0.3) is 0 Å². The van der Waals surface area contributed by atoms with Crippen molar-refractivity contribution < 1.29 is 0 Å². The van der Waals surface area contributed by atoms with Gasteiger partial charge in [-0.05, 0) is 45.6 Å². The van der Waals surface area contributed by atoms with Gasteiger partial charge >= 0.3 is 0 Å². The zero-order chi connectivity index (χ0) is 13.8. The van der Waals surface area contributed by atoms with Crippen molar-refractivity contribution in [2.24, 2.45) is 5.84 Å². The lowest BCUT2D eigenvalue weighted by atomic mass is 10.0. The van der Waals surface area contributed by atoms with Crippen molar-refractivity contribution in [3.8, 4) is 0 Å². The zero-order valence-electron chi connectivity index (χ0n) is 9.91. The number of pyridine rings is 1. The Morgan fingerprint density at radius 1 is 1.32 bits per heavy atom. The van der Waals surface area contributed by atoms with Crippen LogP contribution < -0.4 is 11.3 Å². The van der Waals surface area contributed by atoms with Crippen LogP contribution in [-0.2, 0) is 6.42 Å². The molecule has 0 amide bonds. The second kappa shape index (κ2) is 6.68. The molecule has 0 aliphatic heterocycles. The van der Waals surface area contributed by atoms with E-state index < -0.39 is 0 Å². The van der Waals surface area contributed by atoms with Gasteiger partial charge in [-0.2, -0.15) is 0 Å². The van der Waals surface area contributed by atoms with E-state index in [9.17, 15) is 0 Å². The molecule has 0 spiro atoms. The Morgan fingerprint density at radius 3 is 2.79 bits per heavy atom. The molecule has 1 heterocycles. The van der Waals surface area contributed by atoms with Crippen molar-refractivity contribution in [3.63, 3.8) is 0 Å². The molecule has 100 valence electrons. The van der Waals surface area contributed by atoms with Crippen LogP contribution in [0.2, 0.25) is 10.0 Å². The van der Waals surface area contributed by atoms with Crippen LogP contribution in [0, 0.1) is 0 Å². The molecule has 19 heavy (non-hydrogen) atoms. The summed E-state index contributed by atoms with van der Waals surface area (Å²) < 4.78 is 0.905. The summed E-state index contributed by atoms with van der Waals surface area (Å²) in [5.41, 5.74) is 4.70. The van der Waals surface area contributed by atoms with Gasteiger partial charge in [0.05, 0.1) is 16.1 Å². The fourth-order valence-corrected chi connectivity index (χ4v) is 2.60. The van der Waals surface area contributed by atoms with Crippen molar-refractivity contribution in [3.05, 3.63) is 62.3 Å². The summed E-state index contributed by atoms with van der Waals surface area (Å²) >= 11 is 15.6. The molecule has 1 aromatic carbocycles. The molecule has 3 N–H and O–H groups in total. The number of nitrogens with one attached hydrogen (secondary N) is 1. The standard InChI is InChI=1S/C13H12BrCl2N3/c14-10-4-9(6-18-7-10)12(19-17)5-8-2-1-3-11(15)13(8)16/h1-4,6-7,12,19H,5,17H2. The minimum Gasteiger partial charge on any atom is -0.271 e. The molecule has 0 aliphatic rings. The summed E-state index contributed by atoms with van der Waals surface area (Å²) in [6, 6.07) is 7.45. The maximum Gasteiger partial charge on any atom is 0.0624 e. The highest BCUT2D eigenvalue weighted by molar-refractivity contribution is 9.10. The Balaban J connectivity index is 2.26. The van der Waals surface area contributed by atoms with Crippen LogP contribution >= 0.6 is 39.1 Å². The number of nitrogens with two attached hydrogens (primary N) is 1. The van der Waals surface area contributed by atoms with Crippen LogP contribution in [0.25, 0.3) is 0 Å². The Labute approximate surface area is 130 Å². The van der Waals surface area contributed by atoms with E-state index in [0.29, 0.717) is 16.5 Å². The van der Waals surface area contributed by atoms with Crippen LogP contribution in [0.5, 0.6) is 0 Å². The molecule has 2 rings (SSSR count). The van der Waals surface area contributed by atoms with Gasteiger partial charge < -0.3 is 0 Å². The number of aromatic nitrogens is 1. The lowest BCUT2D eigenvalue weighted by molar-refractivity contribution is 0.550. The summed E-state index contributed by atoms with van der Waals surface area (Å²) in [4.78, 5) is 4.13. The SMILES string of the molecule is NNC(Cc1cccc(Cl)c1Cl)c1cncc(Br)c1. The fourth-order valence-electron chi connectivity index (χ4n) is 1.82. The van der Waals surface area contributed by atoms with E-state index in [-0.39, 0.29) is 6.04 Å². The van der Waals surface area contributed by atoms with Gasteiger partial charge in [-0.25, -0.2) is 0 Å². The molecule has 0 saturated carbocycles. The summed E-state index contributed by atoms with van der Waals surface area (Å²) in [5, 5.41) is 1.11. The lowest BCUT2D eigenvalue weighted by Crippen LogP contribution is -2.29. The van der Waals surface area contributed by atoms with Gasteiger partial charge in [-0.15, -0.1) is 0 Å². The minimum atomic E-state index is -0.0824. The molecule has 0 aliphatic carbocycles. The molecule has 0 saturated heterocycles. The minimum absolute atomic E-state index is 0.0824. The van der Waals surface area contributed by atoms with E-state index in [1.165, 1.54) is 0 Å². The molecule has 0 radical (unpaired) electrons. The van der Waals surface area contributed by atoms with E-state index in [4.69, 9.17) is 29.0 Å². The molecule has 3 nitrogen and oxygen atoms in total. The van der Waals surface area contributed by atoms with Gasteiger partial charge in [-0.1, -0.05) is 35.3 Å². The highest BCUT2D eigenvalue weighted by Crippen LogP contribution is 2.29. The van der Waals surface area contributed by atoms with Gasteiger partial charge in [-0.3, -0.25) is 16.3 Å². The van der Waals surface area contributed by atoms with Gasteiger partial charge in [0, 0.05) is 16.9 Å². The quantitative estimate of drug-likeness (QED) is 0.642. The monoisotopic (exact) mass is 359 g/mol. The maximum absolute atomic E-state index is 6.19. The first-order valence-electron chi connectivity index (χ1n) is 5.61. The van der Waals surface area contributed by atoms with E-state index in [1.807, 2.05) is 18.2 Å². The summed E-state index contributed by atoms with van der Waals surface area (Å²) in [6.07, 6.45) is 4.13. The number of rotatable bonds is 4. The van der Waals surface area contributed by atoms with Crippen molar-refractivity contribution in [2.75, 3.05) is 0 Å². The van der Waals surface area contributed by atoms with E-state index in [1.54, 1.807) is 18.5 Å². The third kappa shape index (κ3) is 3.68. The molecular formula is C13H12BrCl2N3. The Kier molecular flexibility index (Phi) is 5.19. The molecule has 1 atom stereocenters. The van der Waals surface area contributed by atoms with Gasteiger partial charge in [0.1, 0.15) is 0 Å². The Morgan fingerprint density at radius 2 is 2.11 bits per heavy atom. The molecule has 1 unspecified atom stereocenters. The third-order valence-corrected chi connectivity index (χ3v) is 4.08. The van der Waals surface area contributed by atoms with Crippen LogP contribution in [0.15, 0.2) is 41.1 Å². The second-order valence-electron chi connectivity index (χ2n) is 4.07. The van der Waals surface area contributed by atoms with Gasteiger partial charge in [0.2, 0.25) is 0 Å². The smallest absolute Gasteiger partial charge is 0.0624 e. The number of halogens is 3. The lowest BCUT2D eigenvalue weighted by Gasteiger charge is -2.17. The predicted octanol–water partition coefficient (Wildman–Crippen LogP) is 3.90. The van der Waals surface area contributed by atoms with Crippen LogP contribution in [0.1, 0.15) is 17.2 Å². The van der Waals surface area contributed by atoms with Crippen molar-refractivity contribution in [2.45, 2.75) is 12.5 Å². The highest BCUT2D eigenvalue weighted by atomic mass is 79.9. The molecule has 2 aromatic rings. The molecule has 0 bridgehead atoms. The molecule has 6 heteroatoms. The molecule has 0 fully saturated rings. The largest absolute Gasteiger partial charge is 0.271 e. The predicted molar refractivity (Wildman–Crippen MR) is 82.2 cm³/mol. The van der Waals surface area contributed by atoms with Crippen LogP contribution in [0.4, 0.5) is 0 Å². The second-order valence-corrected chi connectivity index (χ2v) is 5.77. The van der Waals surface area contributed by atoms with Crippen LogP contribution in [-0.4, -0.2) is 4.98 Å². The summed E-state index contributed by atoms with van der Waals surface area (Å²) in [6.45, 7) is 0. The first-order chi connectivity index (χ1) is 9.11. The number of nitrogens with zero attached hydrogens (tertiary/aromatic N) is 1. The van der Waals surface area contributed by atoms with E-state index in [0.717, 1.165) is 15.6 Å². The fraction of sp³-hybridized carbons (Fsp3) is 0.154. The number of benzene rings is 1.